The lowest BCUT2D eigenvalue weighted by molar-refractivity contribution is -0.131. The van der Waals surface area contributed by atoms with Crippen molar-refractivity contribution in [3.05, 3.63) is 120 Å². The molecule has 0 radical (unpaired) electrons. The van der Waals surface area contributed by atoms with E-state index in [2.05, 4.69) is 24.3 Å². The largest absolute Gasteiger partial charge is 0.508 e. The Kier molecular flexibility index (Phi) is 4.41. The van der Waals surface area contributed by atoms with Gasteiger partial charge in [-0.25, -0.2) is 4.79 Å². The number of benzene rings is 4. The molecule has 4 aromatic rings. The molecule has 1 aliphatic rings. The Balaban J connectivity index is 1.70. The zero-order valence-corrected chi connectivity index (χ0v) is 16.1. The molecule has 1 heterocycles. The van der Waals surface area contributed by atoms with E-state index in [9.17, 15) is 9.90 Å². The van der Waals surface area contributed by atoms with Crippen LogP contribution in [0, 0.1) is 0 Å². The molecule has 0 saturated carbocycles. The number of carbonyl (C=O) groups is 1. The van der Waals surface area contributed by atoms with Crippen molar-refractivity contribution in [2.45, 2.75) is 0 Å². The summed E-state index contributed by atoms with van der Waals surface area (Å²) >= 11 is 0. The molecule has 4 aromatic carbocycles. The fourth-order valence-electron chi connectivity index (χ4n) is 3.76. The lowest BCUT2D eigenvalue weighted by Gasteiger charge is -2.07. The summed E-state index contributed by atoms with van der Waals surface area (Å²) in [6.45, 7) is 0. The van der Waals surface area contributed by atoms with Crippen LogP contribution in [0.2, 0.25) is 0 Å². The number of ether oxygens (including phenoxy) is 1. The van der Waals surface area contributed by atoms with E-state index in [1.54, 1.807) is 24.3 Å². The number of esters is 1. The van der Waals surface area contributed by atoms with Gasteiger partial charge in [-0.15, -0.1) is 0 Å². The van der Waals surface area contributed by atoms with Crippen molar-refractivity contribution >= 4 is 34.0 Å². The molecule has 1 aliphatic heterocycles. The Bertz CT molecular complexity index is 1310. The maximum Gasteiger partial charge on any atom is 0.344 e. The maximum absolute atomic E-state index is 12.9. The molecule has 0 aromatic heterocycles. The zero-order valence-electron chi connectivity index (χ0n) is 16.1. The molecule has 0 atom stereocenters. The summed E-state index contributed by atoms with van der Waals surface area (Å²) < 4.78 is 5.73. The average Bonchev–Trinajstić information content (AvgIpc) is 3.10. The van der Waals surface area contributed by atoms with Gasteiger partial charge in [0.25, 0.3) is 0 Å². The minimum Gasteiger partial charge on any atom is -0.508 e. The van der Waals surface area contributed by atoms with Gasteiger partial charge in [0.2, 0.25) is 0 Å². The third-order valence-electron chi connectivity index (χ3n) is 5.19. The van der Waals surface area contributed by atoms with Gasteiger partial charge >= 0.3 is 5.97 Å². The van der Waals surface area contributed by atoms with E-state index in [0.29, 0.717) is 11.3 Å². The molecule has 3 heteroatoms. The summed E-state index contributed by atoms with van der Waals surface area (Å²) in [4.78, 5) is 12.9. The number of phenolic OH excluding ortho intramolecular Hbond substituents is 1. The topological polar surface area (TPSA) is 46.5 Å². The molecule has 5 rings (SSSR count). The van der Waals surface area contributed by atoms with Crippen LogP contribution in [0.4, 0.5) is 0 Å². The van der Waals surface area contributed by atoms with E-state index in [-0.39, 0.29) is 11.7 Å². The van der Waals surface area contributed by atoms with Gasteiger partial charge in [0.1, 0.15) is 11.5 Å². The normalized spacial score (nSPS) is 15.1. The standard InChI is InChI=1S/C27H18O3/c28-23-14-12-21(13-15-23)25-24(30-27(29)26(25)20-7-2-1-3-8-20)17-18-10-11-19-6-4-5-9-22(19)16-18/h1-17,28H/b24-17-. The van der Waals surface area contributed by atoms with Crippen molar-refractivity contribution in [1.82, 2.24) is 0 Å². The molecule has 0 unspecified atom stereocenters. The molecule has 30 heavy (non-hydrogen) atoms. The van der Waals surface area contributed by atoms with Gasteiger partial charge in [-0.1, -0.05) is 78.9 Å². The molecule has 0 bridgehead atoms. The van der Waals surface area contributed by atoms with Gasteiger partial charge in [-0.2, -0.15) is 0 Å². The number of hydrogen-bond donors (Lipinski definition) is 1. The summed E-state index contributed by atoms with van der Waals surface area (Å²) in [6.07, 6.45) is 1.89. The second-order valence-electron chi connectivity index (χ2n) is 7.17. The lowest BCUT2D eigenvalue weighted by Crippen LogP contribution is -1.98. The summed E-state index contributed by atoms with van der Waals surface area (Å²) in [5.41, 5.74) is 3.80. The lowest BCUT2D eigenvalue weighted by atomic mass is 9.94. The van der Waals surface area contributed by atoms with Crippen LogP contribution in [0.15, 0.2) is 103 Å². The van der Waals surface area contributed by atoms with E-state index in [1.807, 2.05) is 54.6 Å². The predicted molar refractivity (Wildman–Crippen MR) is 119 cm³/mol. The van der Waals surface area contributed by atoms with Crippen molar-refractivity contribution in [3.8, 4) is 5.75 Å². The summed E-state index contributed by atoms with van der Waals surface area (Å²) in [7, 11) is 0. The van der Waals surface area contributed by atoms with Crippen molar-refractivity contribution in [1.29, 1.82) is 0 Å². The third kappa shape index (κ3) is 3.27. The highest BCUT2D eigenvalue weighted by Crippen LogP contribution is 2.41. The smallest absolute Gasteiger partial charge is 0.344 e. The van der Waals surface area contributed by atoms with Crippen LogP contribution >= 0.6 is 0 Å². The Hall–Kier alpha value is -4.11. The number of allylic oxidation sites excluding steroid dienone is 1. The van der Waals surface area contributed by atoms with Crippen LogP contribution < -0.4 is 0 Å². The third-order valence-corrected chi connectivity index (χ3v) is 5.19. The molecule has 0 spiro atoms. The molecule has 1 N–H and O–H groups in total. The van der Waals surface area contributed by atoms with Crippen LogP contribution in [0.3, 0.4) is 0 Å². The zero-order chi connectivity index (χ0) is 20.5. The van der Waals surface area contributed by atoms with Crippen molar-refractivity contribution in [2.24, 2.45) is 0 Å². The fourth-order valence-corrected chi connectivity index (χ4v) is 3.76. The second kappa shape index (κ2) is 7.37. The number of carbonyl (C=O) groups excluding carboxylic acids is 1. The van der Waals surface area contributed by atoms with Crippen LogP contribution in [0.25, 0.3) is 28.0 Å². The van der Waals surface area contributed by atoms with Gasteiger partial charge in [0.15, 0.2) is 0 Å². The first kappa shape index (κ1) is 18.0. The highest BCUT2D eigenvalue weighted by atomic mass is 16.5. The van der Waals surface area contributed by atoms with E-state index >= 15 is 0 Å². The van der Waals surface area contributed by atoms with Gasteiger partial charge in [-0.05, 0) is 51.7 Å². The molecule has 0 amide bonds. The Labute approximate surface area is 174 Å². The SMILES string of the molecule is O=C1O/C(=C\c2ccc3ccccc3c2)C(c2ccc(O)cc2)=C1c1ccccc1. The predicted octanol–water partition coefficient (Wildman–Crippen LogP) is 6.05. The monoisotopic (exact) mass is 390 g/mol. The summed E-state index contributed by atoms with van der Waals surface area (Å²) in [5.74, 6) is 0.294. The fraction of sp³-hybridized carbons (Fsp3) is 0. The van der Waals surface area contributed by atoms with Crippen molar-refractivity contribution < 1.29 is 14.6 Å². The van der Waals surface area contributed by atoms with Crippen LogP contribution in [0.1, 0.15) is 16.7 Å². The van der Waals surface area contributed by atoms with Crippen LogP contribution in [-0.4, -0.2) is 11.1 Å². The van der Waals surface area contributed by atoms with E-state index in [4.69, 9.17) is 4.74 Å². The molecule has 144 valence electrons. The first-order chi connectivity index (χ1) is 14.7. The summed E-state index contributed by atoms with van der Waals surface area (Å²) in [6, 6.07) is 30.6. The number of phenols is 1. The molecule has 0 saturated heterocycles. The first-order valence-electron chi connectivity index (χ1n) is 9.71. The average molecular weight is 390 g/mol. The van der Waals surface area contributed by atoms with Crippen LogP contribution in [-0.2, 0) is 9.53 Å². The number of aromatic hydroxyl groups is 1. The van der Waals surface area contributed by atoms with E-state index in [0.717, 1.165) is 33.0 Å². The molecule has 0 fully saturated rings. The Morgan fingerprint density at radius 3 is 2.10 bits per heavy atom. The molecule has 3 nitrogen and oxygen atoms in total. The molecule has 0 aliphatic carbocycles. The van der Waals surface area contributed by atoms with Gasteiger partial charge in [0.05, 0.1) is 5.57 Å². The van der Waals surface area contributed by atoms with E-state index in [1.165, 1.54) is 0 Å². The minimum absolute atomic E-state index is 0.172. The van der Waals surface area contributed by atoms with Crippen molar-refractivity contribution in [3.63, 3.8) is 0 Å². The number of fused-ring (bicyclic) bond motifs is 1. The highest BCUT2D eigenvalue weighted by molar-refractivity contribution is 6.31. The van der Waals surface area contributed by atoms with Crippen molar-refractivity contribution in [2.75, 3.05) is 0 Å². The Morgan fingerprint density at radius 2 is 1.33 bits per heavy atom. The van der Waals surface area contributed by atoms with Crippen LogP contribution in [0.5, 0.6) is 5.75 Å². The number of hydrogen-bond acceptors (Lipinski definition) is 3. The van der Waals surface area contributed by atoms with Gasteiger partial charge in [0, 0.05) is 5.57 Å². The second-order valence-corrected chi connectivity index (χ2v) is 7.17. The maximum atomic E-state index is 12.9. The van der Waals surface area contributed by atoms with E-state index < -0.39 is 0 Å². The first-order valence-corrected chi connectivity index (χ1v) is 9.71. The highest BCUT2D eigenvalue weighted by Gasteiger charge is 2.31. The molecular weight excluding hydrogens is 372 g/mol. The van der Waals surface area contributed by atoms with Gasteiger partial charge < -0.3 is 9.84 Å². The summed E-state index contributed by atoms with van der Waals surface area (Å²) in [5, 5.41) is 12.0. The number of cyclic esters (lactones) is 1. The van der Waals surface area contributed by atoms with Gasteiger partial charge in [-0.3, -0.25) is 0 Å². The number of rotatable bonds is 3. The minimum atomic E-state index is -0.378. The molecular formula is C27H18O3. The quantitative estimate of drug-likeness (QED) is 0.433. The Morgan fingerprint density at radius 1 is 0.667 bits per heavy atom.